The van der Waals surface area contributed by atoms with Gasteiger partial charge in [-0.15, -0.1) is 0 Å². The number of amides is 1. The van der Waals surface area contributed by atoms with E-state index in [1.54, 1.807) is 20.8 Å². The molecule has 0 heterocycles. The second-order valence-corrected chi connectivity index (χ2v) is 6.49. The van der Waals surface area contributed by atoms with Crippen LogP contribution in [0.1, 0.15) is 39.2 Å². The van der Waals surface area contributed by atoms with Crippen LogP contribution in [0.3, 0.4) is 0 Å². The predicted molar refractivity (Wildman–Crippen MR) is 90.6 cm³/mol. The Morgan fingerprint density at radius 3 is 2.42 bits per heavy atom. The van der Waals surface area contributed by atoms with E-state index in [-0.39, 0.29) is 13.2 Å². The van der Waals surface area contributed by atoms with Gasteiger partial charge in [0.2, 0.25) is 0 Å². The molecule has 0 saturated heterocycles. The van der Waals surface area contributed by atoms with Gasteiger partial charge in [0, 0.05) is 13.0 Å². The van der Waals surface area contributed by atoms with Crippen molar-refractivity contribution in [2.75, 3.05) is 13.2 Å². The molecule has 0 fully saturated rings. The van der Waals surface area contributed by atoms with Crippen LogP contribution in [0.4, 0.5) is 4.79 Å². The van der Waals surface area contributed by atoms with Crippen LogP contribution >= 0.6 is 0 Å². The highest BCUT2D eigenvalue weighted by atomic mass is 16.6. The van der Waals surface area contributed by atoms with Gasteiger partial charge in [0.05, 0.1) is 6.61 Å². The van der Waals surface area contributed by atoms with Gasteiger partial charge in [-0.05, 0) is 39.2 Å². The summed E-state index contributed by atoms with van der Waals surface area (Å²) in [7, 11) is 0. The number of aliphatic hydroxyl groups is 1. The summed E-state index contributed by atoms with van der Waals surface area (Å²) in [5.41, 5.74) is 0.262. The van der Waals surface area contributed by atoms with Crippen LogP contribution in [0, 0.1) is 0 Å². The Morgan fingerprint density at radius 2 is 1.83 bits per heavy atom. The van der Waals surface area contributed by atoms with Crippen LogP contribution < -0.4 is 5.32 Å². The fourth-order valence-electron chi connectivity index (χ4n) is 1.98. The molecular weight excluding hydrogens is 310 g/mol. The molecule has 24 heavy (non-hydrogen) atoms. The average molecular weight is 337 g/mol. The molecule has 0 bridgehead atoms. The Morgan fingerprint density at radius 1 is 1.17 bits per heavy atom. The third kappa shape index (κ3) is 8.53. The summed E-state index contributed by atoms with van der Waals surface area (Å²) in [5, 5.41) is 11.3. The first kappa shape index (κ1) is 20.0. The van der Waals surface area contributed by atoms with Gasteiger partial charge in [-0.2, -0.15) is 0 Å². The average Bonchev–Trinajstić information content (AvgIpc) is 2.50. The standard InChI is InChI=1S/C18H27NO5/c1-18(2,3)24-17(22)19-15(13-14-9-5-4-6-10-14)16(21)23-12-8-7-11-20/h4-6,9-10,15,20H,7-8,11-13H2,1-3H3,(H,19,22)/t15-/m0/s1. The van der Waals surface area contributed by atoms with Gasteiger partial charge < -0.3 is 19.9 Å². The topological polar surface area (TPSA) is 84.9 Å². The Bertz CT molecular complexity index is 510. The van der Waals surface area contributed by atoms with E-state index in [1.165, 1.54) is 0 Å². The first-order valence-electron chi connectivity index (χ1n) is 8.13. The van der Waals surface area contributed by atoms with E-state index < -0.39 is 23.7 Å². The van der Waals surface area contributed by atoms with E-state index in [2.05, 4.69) is 5.32 Å². The molecule has 0 radical (unpaired) electrons. The Kier molecular flexibility index (Phi) is 8.26. The number of benzene rings is 1. The summed E-state index contributed by atoms with van der Waals surface area (Å²) >= 11 is 0. The van der Waals surface area contributed by atoms with Crippen LogP contribution in [0.15, 0.2) is 30.3 Å². The van der Waals surface area contributed by atoms with Gasteiger partial charge in [-0.3, -0.25) is 0 Å². The van der Waals surface area contributed by atoms with Crippen molar-refractivity contribution in [3.63, 3.8) is 0 Å². The molecule has 1 atom stereocenters. The highest BCUT2D eigenvalue weighted by Crippen LogP contribution is 2.09. The molecule has 0 saturated carbocycles. The van der Waals surface area contributed by atoms with Crippen LogP contribution in [0.25, 0.3) is 0 Å². The first-order chi connectivity index (χ1) is 11.3. The lowest BCUT2D eigenvalue weighted by Crippen LogP contribution is -2.45. The number of esters is 1. The molecule has 0 aromatic heterocycles. The van der Waals surface area contributed by atoms with Crippen LogP contribution in [0.2, 0.25) is 0 Å². The maximum absolute atomic E-state index is 12.3. The molecule has 1 amide bonds. The summed E-state index contributed by atoms with van der Waals surface area (Å²) in [6.07, 6.45) is 0.803. The molecule has 0 spiro atoms. The maximum atomic E-state index is 12.3. The Balaban J connectivity index is 2.67. The van der Waals surface area contributed by atoms with Crippen molar-refractivity contribution in [2.24, 2.45) is 0 Å². The Hall–Kier alpha value is -2.08. The van der Waals surface area contributed by atoms with Crippen LogP contribution in [-0.4, -0.2) is 42.0 Å². The zero-order valence-electron chi connectivity index (χ0n) is 14.6. The maximum Gasteiger partial charge on any atom is 0.408 e. The zero-order valence-corrected chi connectivity index (χ0v) is 14.6. The molecule has 2 N–H and O–H groups in total. The van der Waals surface area contributed by atoms with Crippen molar-refractivity contribution in [1.82, 2.24) is 5.32 Å². The van der Waals surface area contributed by atoms with Gasteiger partial charge in [-0.1, -0.05) is 30.3 Å². The molecule has 6 heteroatoms. The van der Waals surface area contributed by atoms with Crippen molar-refractivity contribution < 1.29 is 24.2 Å². The third-order valence-electron chi connectivity index (χ3n) is 3.05. The first-order valence-corrected chi connectivity index (χ1v) is 8.13. The number of carbonyl (C=O) groups is 2. The molecular formula is C18H27NO5. The minimum absolute atomic E-state index is 0.0567. The second kappa shape index (κ2) is 9.93. The minimum Gasteiger partial charge on any atom is -0.464 e. The van der Waals surface area contributed by atoms with Gasteiger partial charge >= 0.3 is 12.1 Å². The fraction of sp³-hybridized carbons (Fsp3) is 0.556. The smallest absolute Gasteiger partial charge is 0.408 e. The van der Waals surface area contributed by atoms with Gasteiger partial charge in [0.25, 0.3) is 0 Å². The van der Waals surface area contributed by atoms with E-state index in [9.17, 15) is 9.59 Å². The van der Waals surface area contributed by atoms with Crippen molar-refractivity contribution in [1.29, 1.82) is 0 Å². The molecule has 1 aromatic carbocycles. The van der Waals surface area contributed by atoms with Crippen molar-refractivity contribution in [3.8, 4) is 0 Å². The van der Waals surface area contributed by atoms with E-state index >= 15 is 0 Å². The summed E-state index contributed by atoms with van der Waals surface area (Å²) in [4.78, 5) is 24.2. The van der Waals surface area contributed by atoms with Crippen molar-refractivity contribution in [2.45, 2.75) is 51.7 Å². The molecule has 1 rings (SSSR count). The van der Waals surface area contributed by atoms with E-state index in [0.717, 1.165) is 5.56 Å². The SMILES string of the molecule is CC(C)(C)OC(=O)N[C@@H](Cc1ccccc1)C(=O)OCCCCO. The van der Waals surface area contributed by atoms with E-state index in [0.29, 0.717) is 19.3 Å². The van der Waals surface area contributed by atoms with Crippen molar-refractivity contribution >= 4 is 12.1 Å². The van der Waals surface area contributed by atoms with Gasteiger partial charge in [-0.25, -0.2) is 9.59 Å². The number of ether oxygens (including phenoxy) is 2. The molecule has 0 aliphatic rings. The number of carbonyl (C=O) groups excluding carboxylic acids is 2. The minimum atomic E-state index is -0.823. The summed E-state index contributed by atoms with van der Waals surface area (Å²) < 4.78 is 10.4. The molecule has 0 unspecified atom stereocenters. The lowest BCUT2D eigenvalue weighted by molar-refractivity contribution is -0.146. The van der Waals surface area contributed by atoms with E-state index in [1.807, 2.05) is 30.3 Å². The molecule has 6 nitrogen and oxygen atoms in total. The monoisotopic (exact) mass is 337 g/mol. The number of nitrogens with one attached hydrogen (secondary N) is 1. The number of aliphatic hydroxyl groups excluding tert-OH is 1. The number of alkyl carbamates (subject to hydrolysis) is 1. The fourth-order valence-corrected chi connectivity index (χ4v) is 1.98. The summed E-state index contributed by atoms with van der Waals surface area (Å²) in [6.45, 7) is 5.53. The molecule has 134 valence electrons. The highest BCUT2D eigenvalue weighted by Gasteiger charge is 2.25. The Labute approximate surface area is 143 Å². The molecule has 0 aliphatic carbocycles. The number of hydrogen-bond acceptors (Lipinski definition) is 5. The second-order valence-electron chi connectivity index (χ2n) is 6.49. The largest absolute Gasteiger partial charge is 0.464 e. The summed E-state index contributed by atoms with van der Waals surface area (Å²) in [5.74, 6) is -0.511. The molecule has 0 aliphatic heterocycles. The predicted octanol–water partition coefficient (Wildman–Crippen LogP) is 2.44. The quantitative estimate of drug-likeness (QED) is 0.562. The molecule has 1 aromatic rings. The highest BCUT2D eigenvalue weighted by molar-refractivity contribution is 5.81. The van der Waals surface area contributed by atoms with Gasteiger partial charge in [0.15, 0.2) is 0 Å². The number of unbranched alkanes of at least 4 members (excludes halogenated alkanes) is 1. The lowest BCUT2D eigenvalue weighted by atomic mass is 10.1. The third-order valence-corrected chi connectivity index (χ3v) is 3.05. The van der Waals surface area contributed by atoms with Crippen LogP contribution in [0.5, 0.6) is 0 Å². The number of rotatable bonds is 8. The van der Waals surface area contributed by atoms with Crippen LogP contribution in [-0.2, 0) is 20.7 Å². The summed E-state index contributed by atoms with van der Waals surface area (Å²) in [6, 6.07) is 8.55. The zero-order chi connectivity index (χ0) is 18.0. The lowest BCUT2D eigenvalue weighted by Gasteiger charge is -2.23. The normalized spacial score (nSPS) is 12.3. The van der Waals surface area contributed by atoms with Crippen molar-refractivity contribution in [3.05, 3.63) is 35.9 Å². The number of hydrogen-bond donors (Lipinski definition) is 2. The van der Waals surface area contributed by atoms with Gasteiger partial charge in [0.1, 0.15) is 11.6 Å². The van der Waals surface area contributed by atoms with E-state index in [4.69, 9.17) is 14.6 Å².